The zero-order chi connectivity index (χ0) is 60.3. The Morgan fingerprint density at radius 2 is 0.916 bits per heavy atom. The maximum Gasteiger partial charge on any atom is 0.137 e. The molecule has 1 aliphatic carbocycles. The van der Waals surface area contributed by atoms with Gasteiger partial charge >= 0.3 is 0 Å². The van der Waals surface area contributed by atoms with E-state index in [1.807, 2.05) is 32.0 Å². The molecule has 17 aromatic rings. The predicted molar refractivity (Wildman–Crippen MR) is 352 cm³/mol. The normalized spacial score (nSPS) is 14.7. The summed E-state index contributed by atoms with van der Waals surface area (Å²) in [5, 5.41) is 15.8. The number of anilines is 6. The van der Waals surface area contributed by atoms with E-state index < -0.39 is 19.1 Å². The lowest BCUT2D eigenvalue weighted by atomic mass is 9.85. The van der Waals surface area contributed by atoms with Gasteiger partial charge in [0.1, 0.15) is 27.2 Å². The zero-order valence-corrected chi connectivity index (χ0v) is 46.6. The van der Waals surface area contributed by atoms with E-state index in [1.165, 1.54) is 43.9 Å². The molecule has 1 aliphatic rings. The van der Waals surface area contributed by atoms with Crippen LogP contribution in [0.2, 0.25) is 0 Å². The Morgan fingerprint density at radius 1 is 0.410 bits per heavy atom. The fourth-order valence-corrected chi connectivity index (χ4v) is 15.9. The molecule has 0 amide bonds. The maximum atomic E-state index is 8.58. The summed E-state index contributed by atoms with van der Waals surface area (Å²) in [4.78, 5) is 5.51. The average Bonchev–Trinajstić information content (AvgIpc) is 1.50. The highest BCUT2D eigenvalue weighted by atomic mass is 32.1. The number of furan rings is 2. The highest BCUT2D eigenvalue weighted by molar-refractivity contribution is 7.25. The number of aryl methyl sites for hydroxylation is 4. The van der Waals surface area contributed by atoms with Gasteiger partial charge in [-0.05, 0) is 184 Å². The van der Waals surface area contributed by atoms with Crippen molar-refractivity contribution in [2.75, 3.05) is 9.80 Å². The van der Waals surface area contributed by atoms with Gasteiger partial charge in [-0.25, -0.2) is 0 Å². The van der Waals surface area contributed by atoms with E-state index in [-0.39, 0.29) is 11.1 Å². The largest absolute Gasteiger partial charge is 0.456 e. The van der Waals surface area contributed by atoms with E-state index in [1.54, 1.807) is 29.5 Å². The fourth-order valence-electron chi connectivity index (χ4n) is 14.6. The molecule has 0 bridgehead atoms. The number of hydrogen-bond donors (Lipinski definition) is 0. The first-order valence-electron chi connectivity index (χ1n) is 31.3. The highest BCUT2D eigenvalue weighted by Gasteiger charge is 2.42. The molecule has 5 aromatic heterocycles. The van der Waals surface area contributed by atoms with Crippen molar-refractivity contribution in [3.8, 4) is 11.1 Å². The molecule has 0 saturated carbocycles. The van der Waals surface area contributed by atoms with Crippen LogP contribution in [-0.2, 0) is 5.41 Å². The molecular weight excluding hydrogens is 1030 g/mol. The van der Waals surface area contributed by atoms with Gasteiger partial charge in [-0.1, -0.05) is 123 Å². The van der Waals surface area contributed by atoms with Crippen molar-refractivity contribution >= 4 is 158 Å². The van der Waals surface area contributed by atoms with Crippen LogP contribution in [0.1, 0.15) is 55.6 Å². The smallest absolute Gasteiger partial charge is 0.137 e. The number of fused-ring (bicyclic) bond motifs is 22. The first-order chi connectivity index (χ1) is 42.9. The second-order valence-electron chi connectivity index (χ2n) is 23.4. The Bertz CT molecular complexity index is 5940. The van der Waals surface area contributed by atoms with Crippen LogP contribution >= 0.6 is 11.3 Å². The molecule has 18 rings (SSSR count). The van der Waals surface area contributed by atoms with Gasteiger partial charge in [0.15, 0.2) is 0 Å². The number of nitrogens with zero attached hydrogens (tertiary/aromatic N) is 3. The molecule has 0 fully saturated rings. The lowest BCUT2D eigenvalue weighted by molar-refractivity contribution is 0.634. The van der Waals surface area contributed by atoms with Crippen LogP contribution < -0.4 is 9.80 Å². The van der Waals surface area contributed by atoms with Crippen LogP contribution in [0.4, 0.5) is 34.1 Å². The monoisotopic (exact) mass is 1090 g/mol. The molecule has 0 aliphatic heterocycles. The molecule has 0 spiro atoms. The van der Waals surface area contributed by atoms with E-state index in [2.05, 4.69) is 204 Å². The third kappa shape index (κ3) is 6.52. The third-order valence-electron chi connectivity index (χ3n) is 18.0. The van der Waals surface area contributed by atoms with E-state index in [9.17, 15) is 0 Å². The predicted octanol–water partition coefficient (Wildman–Crippen LogP) is 22.6. The van der Waals surface area contributed by atoms with Crippen molar-refractivity contribution in [2.24, 2.45) is 0 Å². The van der Waals surface area contributed by atoms with Gasteiger partial charge in [0.25, 0.3) is 0 Å². The summed E-state index contributed by atoms with van der Waals surface area (Å²) in [6, 6.07) is 73.7. The van der Waals surface area contributed by atoms with E-state index in [0.29, 0.717) is 0 Å². The SMILES string of the molecule is [2H]C([2H])([2H])c1cc(C)cc(N(c2ccc3c(c2)C(C)(C)c2c-3c3cc4ccccc4c4c5c6ccc(N(c7cc(C)cc(C([2H])([2H])[2H])c7)c7ccc8c(c7)oc7ccc9ccccc9c78)cc6sc5n2c34)c2ccc3c(c2)oc2ccc4ccccc4c23)c1. The molecule has 0 radical (unpaired) electrons. The average molecular weight is 1090 g/mol. The van der Waals surface area contributed by atoms with Gasteiger partial charge in [0.2, 0.25) is 0 Å². The molecule has 5 nitrogen and oxygen atoms in total. The third-order valence-corrected chi connectivity index (χ3v) is 19.1. The second-order valence-corrected chi connectivity index (χ2v) is 24.4. The standard InChI is InChI=1S/C77H53N3O2S/c1-42-31-43(2)34-53(33-42)78(50-22-26-59-66(39-50)81-64-29-19-46-13-7-10-16-55(46)69(59)64)49-21-25-58-63(38-49)77(5,6)75-71(58)62-37-48-15-9-12-18-57(48)72-73-61-28-24-52(41-68(61)83-76(73)80(75)74(62)72)79(54-35-44(3)32-45(4)36-54)51-23-27-60-67(40-51)82-65-30-20-47-14-8-11-17-56(47)70(60)65/h7-41H,1-6H3/i1D3,3D3. The molecule has 394 valence electrons. The number of hydrogen-bond acceptors (Lipinski definition) is 5. The van der Waals surface area contributed by atoms with Gasteiger partial charge in [-0.2, -0.15) is 0 Å². The Balaban J connectivity index is 0.831. The molecule has 83 heavy (non-hydrogen) atoms. The van der Waals surface area contributed by atoms with E-state index in [4.69, 9.17) is 17.1 Å². The lowest BCUT2D eigenvalue weighted by Gasteiger charge is -2.28. The van der Waals surface area contributed by atoms with Crippen molar-refractivity contribution in [3.05, 3.63) is 246 Å². The summed E-state index contributed by atoms with van der Waals surface area (Å²) in [5.41, 5.74) is 15.8. The quantitative estimate of drug-likeness (QED) is 0.166. The van der Waals surface area contributed by atoms with Gasteiger partial charge in [0, 0.05) is 119 Å². The van der Waals surface area contributed by atoms with Gasteiger partial charge in [-0.3, -0.25) is 0 Å². The molecule has 0 N–H and O–H groups in total. The van der Waals surface area contributed by atoms with Crippen LogP contribution in [0.25, 0.3) is 124 Å². The Kier molecular flexibility index (Phi) is 8.25. The van der Waals surface area contributed by atoms with Crippen LogP contribution in [-0.4, -0.2) is 4.40 Å². The number of rotatable bonds is 6. The first kappa shape index (κ1) is 41.2. The van der Waals surface area contributed by atoms with Crippen LogP contribution in [0, 0.1) is 27.6 Å². The van der Waals surface area contributed by atoms with Crippen LogP contribution in [0.3, 0.4) is 0 Å². The summed E-state index contributed by atoms with van der Waals surface area (Å²) >= 11 is 1.79. The van der Waals surface area contributed by atoms with E-state index >= 15 is 0 Å². The summed E-state index contributed by atoms with van der Waals surface area (Å²) in [5.74, 6) is 0. The molecule has 0 unspecified atom stereocenters. The van der Waals surface area contributed by atoms with Crippen molar-refractivity contribution in [3.63, 3.8) is 0 Å². The van der Waals surface area contributed by atoms with Gasteiger partial charge in [0.05, 0.1) is 5.52 Å². The lowest BCUT2D eigenvalue weighted by Crippen LogP contribution is -2.18. The summed E-state index contributed by atoms with van der Waals surface area (Å²) in [6.45, 7) is 3.95. The van der Waals surface area contributed by atoms with Crippen molar-refractivity contribution < 1.29 is 17.1 Å². The minimum Gasteiger partial charge on any atom is -0.456 e. The number of benzene rings is 12. The second kappa shape index (κ2) is 16.6. The molecule has 5 heterocycles. The molecule has 12 aromatic carbocycles. The minimum atomic E-state index is -2.33. The molecular formula is C77H53N3O2S. The summed E-state index contributed by atoms with van der Waals surface area (Å²) < 4.78 is 68.4. The zero-order valence-electron chi connectivity index (χ0n) is 51.8. The molecule has 6 heteroatoms. The maximum absolute atomic E-state index is 8.58. The topological polar surface area (TPSA) is 37.2 Å². The minimum absolute atomic E-state index is 0.276. The van der Waals surface area contributed by atoms with E-state index in [0.717, 1.165) is 137 Å². The van der Waals surface area contributed by atoms with Gasteiger partial charge in [-0.15, -0.1) is 11.3 Å². The summed E-state index contributed by atoms with van der Waals surface area (Å²) in [7, 11) is 0. The molecule has 0 saturated heterocycles. The fraction of sp³-hybridized carbons (Fsp3) is 0.0909. The summed E-state index contributed by atoms with van der Waals surface area (Å²) in [6.07, 6.45) is 0. The number of thiophene rings is 1. The van der Waals surface area contributed by atoms with Crippen LogP contribution in [0.5, 0.6) is 0 Å². The Labute approximate surface area is 490 Å². The molecule has 0 atom stereocenters. The van der Waals surface area contributed by atoms with Crippen molar-refractivity contribution in [1.29, 1.82) is 0 Å². The Hall–Kier alpha value is -9.88. The van der Waals surface area contributed by atoms with Gasteiger partial charge < -0.3 is 23.0 Å². The number of aromatic nitrogens is 1. The highest BCUT2D eigenvalue weighted by Crippen LogP contribution is 2.59. The van der Waals surface area contributed by atoms with Crippen LogP contribution in [0.15, 0.2) is 221 Å². The van der Waals surface area contributed by atoms with Crippen molar-refractivity contribution in [2.45, 2.75) is 46.8 Å². The first-order valence-corrected chi connectivity index (χ1v) is 29.1. The Morgan fingerprint density at radius 3 is 1.51 bits per heavy atom. The van der Waals surface area contributed by atoms with Crippen molar-refractivity contribution in [1.82, 2.24) is 4.40 Å².